The summed E-state index contributed by atoms with van der Waals surface area (Å²) in [5.41, 5.74) is 0. The summed E-state index contributed by atoms with van der Waals surface area (Å²) in [7, 11) is -0.512. The van der Waals surface area contributed by atoms with Gasteiger partial charge in [0.25, 0.3) is 0 Å². The van der Waals surface area contributed by atoms with Crippen LogP contribution in [0.3, 0.4) is 0 Å². The minimum absolute atomic E-state index is 0.175. The van der Waals surface area contributed by atoms with Crippen LogP contribution in [-0.2, 0) is 9.84 Å². The summed E-state index contributed by atoms with van der Waals surface area (Å²) in [6.45, 7) is 1.33. The zero-order valence-electron chi connectivity index (χ0n) is 11.5. The zero-order valence-corrected chi connectivity index (χ0v) is 13.1. The lowest BCUT2D eigenvalue weighted by atomic mass is 10.2. The molecule has 1 atom stereocenters. The van der Waals surface area contributed by atoms with E-state index in [9.17, 15) is 8.42 Å². The topological polar surface area (TPSA) is 64.6 Å². The van der Waals surface area contributed by atoms with Gasteiger partial charge in [0.2, 0.25) is 0 Å². The van der Waals surface area contributed by atoms with Crippen LogP contribution in [0.2, 0.25) is 5.02 Å². The Labute approximate surface area is 124 Å². The van der Waals surface area contributed by atoms with Gasteiger partial charge in [0.1, 0.15) is 0 Å². The Kier molecular flexibility index (Phi) is 4.78. The average molecular weight is 320 g/mol. The third kappa shape index (κ3) is 2.87. The highest BCUT2D eigenvalue weighted by Gasteiger charge is 2.30. The van der Waals surface area contributed by atoms with Gasteiger partial charge in [0.05, 0.1) is 29.4 Å². The van der Waals surface area contributed by atoms with Gasteiger partial charge in [-0.05, 0) is 25.5 Å². The number of rotatable bonds is 4. The van der Waals surface area contributed by atoms with E-state index in [0.29, 0.717) is 24.5 Å². The third-order valence-electron chi connectivity index (χ3n) is 3.43. The van der Waals surface area contributed by atoms with Crippen LogP contribution in [0.5, 0.6) is 11.5 Å². The van der Waals surface area contributed by atoms with Crippen molar-refractivity contribution in [1.82, 2.24) is 5.32 Å². The molecule has 1 aromatic rings. The van der Waals surface area contributed by atoms with Crippen LogP contribution in [0.25, 0.3) is 0 Å². The van der Waals surface area contributed by atoms with Gasteiger partial charge in [-0.25, -0.2) is 8.42 Å². The largest absolute Gasteiger partial charge is 0.493 e. The van der Waals surface area contributed by atoms with E-state index in [4.69, 9.17) is 21.1 Å². The van der Waals surface area contributed by atoms with Crippen molar-refractivity contribution in [3.05, 3.63) is 17.2 Å². The monoisotopic (exact) mass is 319 g/mol. The smallest absolute Gasteiger partial charge is 0.182 e. The molecule has 1 aliphatic rings. The zero-order chi connectivity index (χ0) is 14.8. The molecule has 112 valence electrons. The number of ether oxygens (including phenoxy) is 2. The molecule has 1 aromatic carbocycles. The number of methoxy groups -OCH3 is 2. The molecule has 1 saturated heterocycles. The standard InChI is InChI=1S/C13H18ClNO4S/c1-18-12-7-10(6-11(14)13(12)19-2)20(16,17)9-4-3-5-15-8-9/h6-7,9,15H,3-5,8H2,1-2H3. The lowest BCUT2D eigenvalue weighted by molar-refractivity contribution is 0.354. The number of hydrogen-bond acceptors (Lipinski definition) is 5. The van der Waals surface area contributed by atoms with Crippen molar-refractivity contribution in [2.75, 3.05) is 27.3 Å². The molecule has 2 rings (SSSR count). The molecule has 7 heteroatoms. The van der Waals surface area contributed by atoms with Crippen molar-refractivity contribution >= 4 is 21.4 Å². The van der Waals surface area contributed by atoms with Crippen LogP contribution in [0.15, 0.2) is 17.0 Å². The number of sulfone groups is 1. The fraction of sp³-hybridized carbons (Fsp3) is 0.538. The summed E-state index contributed by atoms with van der Waals surface area (Å²) in [6, 6.07) is 2.89. The van der Waals surface area contributed by atoms with E-state index in [1.807, 2.05) is 0 Å². The van der Waals surface area contributed by atoms with Gasteiger partial charge in [0, 0.05) is 12.6 Å². The van der Waals surface area contributed by atoms with Crippen LogP contribution in [0.4, 0.5) is 0 Å². The molecule has 0 saturated carbocycles. The predicted octanol–water partition coefficient (Wildman–Crippen LogP) is 1.88. The molecule has 0 radical (unpaired) electrons. The van der Waals surface area contributed by atoms with Crippen molar-refractivity contribution < 1.29 is 17.9 Å². The molecule has 5 nitrogen and oxygen atoms in total. The van der Waals surface area contributed by atoms with E-state index in [0.717, 1.165) is 13.0 Å². The van der Waals surface area contributed by atoms with Gasteiger partial charge in [-0.1, -0.05) is 11.6 Å². The highest BCUT2D eigenvalue weighted by molar-refractivity contribution is 7.92. The average Bonchev–Trinajstić information content (AvgIpc) is 2.47. The predicted molar refractivity (Wildman–Crippen MR) is 77.6 cm³/mol. The van der Waals surface area contributed by atoms with Gasteiger partial charge in [-0.2, -0.15) is 0 Å². The molecule has 1 heterocycles. The van der Waals surface area contributed by atoms with Crippen LogP contribution < -0.4 is 14.8 Å². The second kappa shape index (κ2) is 6.20. The van der Waals surface area contributed by atoms with Gasteiger partial charge < -0.3 is 14.8 Å². The lowest BCUT2D eigenvalue weighted by Gasteiger charge is -2.23. The summed E-state index contributed by atoms with van der Waals surface area (Å²) < 4.78 is 35.5. The van der Waals surface area contributed by atoms with Crippen molar-refractivity contribution in [1.29, 1.82) is 0 Å². The summed E-state index contributed by atoms with van der Waals surface area (Å²) >= 11 is 6.07. The Balaban J connectivity index is 2.43. The molecule has 0 aromatic heterocycles. The van der Waals surface area contributed by atoms with E-state index >= 15 is 0 Å². The Hall–Kier alpha value is -0.980. The molecule has 1 aliphatic heterocycles. The van der Waals surface area contributed by atoms with Crippen LogP contribution in [-0.4, -0.2) is 41.0 Å². The van der Waals surface area contributed by atoms with Crippen LogP contribution in [0.1, 0.15) is 12.8 Å². The van der Waals surface area contributed by atoms with E-state index in [1.165, 1.54) is 26.4 Å². The molecular weight excluding hydrogens is 302 g/mol. The van der Waals surface area contributed by atoms with Gasteiger partial charge in [-0.3, -0.25) is 0 Å². The third-order valence-corrected chi connectivity index (χ3v) is 5.88. The van der Waals surface area contributed by atoms with Gasteiger partial charge in [0.15, 0.2) is 21.3 Å². The summed E-state index contributed by atoms with van der Waals surface area (Å²) in [4.78, 5) is 0.175. The van der Waals surface area contributed by atoms with Crippen LogP contribution >= 0.6 is 11.6 Å². The highest BCUT2D eigenvalue weighted by Crippen LogP contribution is 2.38. The minimum atomic E-state index is -3.42. The number of nitrogens with one attached hydrogen (secondary N) is 1. The first kappa shape index (κ1) is 15.4. The minimum Gasteiger partial charge on any atom is -0.493 e. The molecule has 1 unspecified atom stereocenters. The maximum Gasteiger partial charge on any atom is 0.182 e. The van der Waals surface area contributed by atoms with E-state index in [2.05, 4.69) is 5.32 Å². The van der Waals surface area contributed by atoms with E-state index in [-0.39, 0.29) is 9.92 Å². The molecule has 1 fully saturated rings. The summed E-state index contributed by atoms with van der Waals surface area (Å²) in [6.07, 6.45) is 1.51. The second-order valence-corrected chi connectivity index (χ2v) is 7.29. The molecule has 0 bridgehead atoms. The van der Waals surface area contributed by atoms with Gasteiger partial charge >= 0.3 is 0 Å². The Bertz CT molecular complexity index is 582. The number of piperidine rings is 1. The molecule has 20 heavy (non-hydrogen) atoms. The highest BCUT2D eigenvalue weighted by atomic mass is 35.5. The van der Waals surface area contributed by atoms with E-state index < -0.39 is 15.1 Å². The quantitative estimate of drug-likeness (QED) is 0.918. The second-order valence-electron chi connectivity index (χ2n) is 4.65. The van der Waals surface area contributed by atoms with Crippen molar-refractivity contribution in [3.63, 3.8) is 0 Å². The normalized spacial score (nSPS) is 19.6. The number of benzene rings is 1. The molecular formula is C13H18ClNO4S. The Morgan fingerprint density at radius 3 is 2.60 bits per heavy atom. The van der Waals surface area contributed by atoms with Crippen molar-refractivity contribution in [3.8, 4) is 11.5 Å². The summed E-state index contributed by atoms with van der Waals surface area (Å²) in [5, 5.41) is 2.91. The first-order chi connectivity index (χ1) is 9.50. The molecule has 0 amide bonds. The van der Waals surface area contributed by atoms with Crippen molar-refractivity contribution in [2.45, 2.75) is 23.0 Å². The number of halogens is 1. The number of hydrogen-bond donors (Lipinski definition) is 1. The molecule has 0 aliphatic carbocycles. The van der Waals surface area contributed by atoms with Crippen molar-refractivity contribution in [2.24, 2.45) is 0 Å². The fourth-order valence-corrected chi connectivity index (χ4v) is 4.44. The maximum absolute atomic E-state index is 12.6. The Morgan fingerprint density at radius 1 is 1.30 bits per heavy atom. The SMILES string of the molecule is COc1cc(S(=O)(=O)C2CCCNC2)cc(Cl)c1OC. The van der Waals surface area contributed by atoms with E-state index in [1.54, 1.807) is 0 Å². The fourth-order valence-electron chi connectivity index (χ4n) is 2.34. The van der Waals surface area contributed by atoms with Gasteiger partial charge in [-0.15, -0.1) is 0 Å². The molecule has 1 N–H and O–H groups in total. The Morgan fingerprint density at radius 2 is 2.05 bits per heavy atom. The van der Waals surface area contributed by atoms with Crippen LogP contribution in [0, 0.1) is 0 Å². The first-order valence-corrected chi connectivity index (χ1v) is 8.29. The lowest BCUT2D eigenvalue weighted by Crippen LogP contribution is -2.38. The first-order valence-electron chi connectivity index (χ1n) is 6.37. The summed E-state index contributed by atoms with van der Waals surface area (Å²) in [5.74, 6) is 0.664. The maximum atomic E-state index is 12.6. The molecule has 0 spiro atoms.